The third-order valence-electron chi connectivity index (χ3n) is 4.87. The molecule has 6 heteroatoms. The van der Waals surface area contributed by atoms with Crippen LogP contribution < -0.4 is 11.5 Å². The van der Waals surface area contributed by atoms with Crippen LogP contribution in [0.1, 0.15) is 33.6 Å². The monoisotopic (exact) mass is 336 g/mol. The fourth-order valence-electron chi connectivity index (χ4n) is 3.57. The molecule has 1 aliphatic heterocycles. The van der Waals surface area contributed by atoms with Crippen molar-refractivity contribution in [3.05, 3.63) is 47.5 Å². The molecule has 2 amide bonds. The van der Waals surface area contributed by atoms with Gasteiger partial charge in [0, 0.05) is 34.4 Å². The Balaban J connectivity index is 1.76. The first-order valence-corrected chi connectivity index (χ1v) is 8.47. The molecule has 25 heavy (non-hydrogen) atoms. The molecule has 0 saturated heterocycles. The molecule has 0 fully saturated rings. The third-order valence-corrected chi connectivity index (χ3v) is 4.87. The molecule has 4 rings (SSSR count). The topological polar surface area (TPSA) is 105 Å². The van der Waals surface area contributed by atoms with E-state index in [0.717, 1.165) is 21.8 Å². The minimum atomic E-state index is -0.243. The van der Waals surface area contributed by atoms with Gasteiger partial charge in [0.1, 0.15) is 0 Å². The van der Waals surface area contributed by atoms with Crippen molar-refractivity contribution in [3.63, 3.8) is 0 Å². The molecule has 0 aliphatic carbocycles. The van der Waals surface area contributed by atoms with E-state index in [1.165, 1.54) is 4.90 Å². The van der Waals surface area contributed by atoms with Crippen molar-refractivity contribution in [1.82, 2.24) is 9.88 Å². The Kier molecular flexibility index (Phi) is 3.78. The maximum atomic E-state index is 13.0. The highest BCUT2D eigenvalue weighted by Crippen LogP contribution is 2.35. The number of carbonyl (C=O) groups excluding carboxylic acids is 2. The van der Waals surface area contributed by atoms with Crippen molar-refractivity contribution >= 4 is 33.6 Å². The number of carbonyl (C=O) groups is 2. The molecule has 5 N–H and O–H groups in total. The van der Waals surface area contributed by atoms with Crippen LogP contribution in [0.15, 0.2) is 36.4 Å². The van der Waals surface area contributed by atoms with Gasteiger partial charge in [0.15, 0.2) is 0 Å². The number of nitrogens with two attached hydrogens (primary N) is 2. The van der Waals surface area contributed by atoms with Crippen LogP contribution in [0, 0.1) is 0 Å². The van der Waals surface area contributed by atoms with Crippen molar-refractivity contribution in [3.8, 4) is 0 Å². The zero-order valence-electron chi connectivity index (χ0n) is 13.8. The number of nitrogens with zero attached hydrogens (tertiary/aromatic N) is 1. The van der Waals surface area contributed by atoms with E-state index in [0.29, 0.717) is 37.1 Å². The van der Waals surface area contributed by atoms with Crippen LogP contribution in [0.3, 0.4) is 0 Å². The summed E-state index contributed by atoms with van der Waals surface area (Å²) in [6.45, 7) is 0.816. The Labute approximate surface area is 144 Å². The fraction of sp³-hybridized carbons (Fsp3) is 0.263. The first kappa shape index (κ1) is 15.8. The smallest absolute Gasteiger partial charge is 0.262 e. The number of H-pyrrole nitrogens is 1. The van der Waals surface area contributed by atoms with Crippen molar-refractivity contribution in [2.45, 2.75) is 18.9 Å². The van der Waals surface area contributed by atoms with E-state index in [9.17, 15) is 9.59 Å². The van der Waals surface area contributed by atoms with E-state index < -0.39 is 0 Å². The van der Waals surface area contributed by atoms with Crippen LogP contribution in [0.5, 0.6) is 0 Å². The summed E-state index contributed by atoms with van der Waals surface area (Å²) in [5, 5.41) is 1.78. The van der Waals surface area contributed by atoms with E-state index in [1.54, 1.807) is 6.07 Å². The van der Waals surface area contributed by atoms with Gasteiger partial charge in [-0.2, -0.15) is 0 Å². The highest BCUT2D eigenvalue weighted by molar-refractivity contribution is 6.29. The predicted molar refractivity (Wildman–Crippen MR) is 97.4 cm³/mol. The zero-order valence-corrected chi connectivity index (χ0v) is 13.8. The van der Waals surface area contributed by atoms with Gasteiger partial charge in [-0.25, -0.2) is 0 Å². The second-order valence-corrected chi connectivity index (χ2v) is 6.47. The lowest BCUT2D eigenvalue weighted by molar-refractivity contribution is 0.0650. The summed E-state index contributed by atoms with van der Waals surface area (Å²) < 4.78 is 0. The minimum absolute atomic E-state index is 0.109. The summed E-state index contributed by atoms with van der Waals surface area (Å²) in [5.74, 6) is -0.484. The van der Waals surface area contributed by atoms with Crippen LogP contribution >= 0.6 is 0 Å². The first-order chi connectivity index (χ1) is 12.1. The molecule has 6 nitrogen and oxygen atoms in total. The predicted octanol–water partition coefficient (Wildman–Crippen LogP) is 1.98. The van der Waals surface area contributed by atoms with E-state index in [4.69, 9.17) is 11.5 Å². The molecule has 0 saturated carbocycles. The van der Waals surface area contributed by atoms with Crippen LogP contribution in [0.25, 0.3) is 21.8 Å². The van der Waals surface area contributed by atoms with E-state index in [-0.39, 0.29) is 17.9 Å². The van der Waals surface area contributed by atoms with Gasteiger partial charge in [-0.3, -0.25) is 14.5 Å². The number of imide groups is 1. The molecule has 1 atom stereocenters. The lowest BCUT2D eigenvalue weighted by atomic mass is 10.0. The molecular formula is C19H20N4O2. The van der Waals surface area contributed by atoms with Gasteiger partial charge in [-0.15, -0.1) is 0 Å². The second kappa shape index (κ2) is 5.98. The normalized spacial score (nSPS) is 15.4. The molecular weight excluding hydrogens is 316 g/mol. The van der Waals surface area contributed by atoms with Gasteiger partial charge in [-0.05, 0) is 37.6 Å². The summed E-state index contributed by atoms with van der Waals surface area (Å²) in [5.41, 5.74) is 14.3. The summed E-state index contributed by atoms with van der Waals surface area (Å²) in [6.07, 6.45) is 1.23. The Morgan fingerprint density at radius 1 is 1.00 bits per heavy atom. The summed E-state index contributed by atoms with van der Waals surface area (Å²) in [6, 6.07) is 11.3. The van der Waals surface area contributed by atoms with Crippen molar-refractivity contribution in [2.75, 3.05) is 13.1 Å². The molecule has 2 aromatic carbocycles. The molecule has 0 bridgehead atoms. The number of hydrogen-bond donors (Lipinski definition) is 3. The standard InChI is InChI=1S/C19H20N4O2/c20-9-7-11(21)8-10-23-18(24)13-5-6-15-16(17(13)19(23)25)12-3-1-2-4-14(12)22-15/h1-6,11,22H,7-10,20-21H2. The summed E-state index contributed by atoms with van der Waals surface area (Å²) in [7, 11) is 0. The van der Waals surface area contributed by atoms with E-state index in [2.05, 4.69) is 4.98 Å². The SMILES string of the molecule is NCCC(N)CCN1C(=O)c2ccc3[nH]c4ccccc4c3c2C1=O. The number of nitrogens with one attached hydrogen (secondary N) is 1. The first-order valence-electron chi connectivity index (χ1n) is 8.47. The van der Waals surface area contributed by atoms with Gasteiger partial charge in [0.05, 0.1) is 11.1 Å². The van der Waals surface area contributed by atoms with Crippen LogP contribution in [0.2, 0.25) is 0 Å². The number of fused-ring (bicyclic) bond motifs is 5. The number of hydrogen-bond acceptors (Lipinski definition) is 4. The Morgan fingerprint density at radius 3 is 2.60 bits per heavy atom. The third kappa shape index (κ3) is 2.42. The molecule has 3 aromatic rings. The number of benzene rings is 2. The summed E-state index contributed by atoms with van der Waals surface area (Å²) >= 11 is 0. The van der Waals surface area contributed by atoms with Crippen molar-refractivity contribution in [1.29, 1.82) is 0 Å². The van der Waals surface area contributed by atoms with Gasteiger partial charge in [0.25, 0.3) is 11.8 Å². The molecule has 128 valence electrons. The second-order valence-electron chi connectivity index (χ2n) is 6.47. The Hall–Kier alpha value is -2.70. The average Bonchev–Trinajstić information content (AvgIpc) is 3.09. The molecule has 0 radical (unpaired) electrons. The Morgan fingerprint density at radius 2 is 1.80 bits per heavy atom. The van der Waals surface area contributed by atoms with Crippen LogP contribution in [-0.4, -0.2) is 40.8 Å². The average molecular weight is 336 g/mol. The largest absolute Gasteiger partial charge is 0.354 e. The Bertz CT molecular complexity index is 992. The van der Waals surface area contributed by atoms with Crippen molar-refractivity contribution < 1.29 is 9.59 Å². The lowest BCUT2D eigenvalue weighted by Gasteiger charge is -2.16. The number of amides is 2. The lowest BCUT2D eigenvalue weighted by Crippen LogP contribution is -2.35. The van der Waals surface area contributed by atoms with Gasteiger partial charge in [0.2, 0.25) is 0 Å². The molecule has 1 unspecified atom stereocenters. The molecule has 2 heterocycles. The number of para-hydroxylation sites is 1. The number of aromatic amines is 1. The quantitative estimate of drug-likeness (QED) is 0.620. The van der Waals surface area contributed by atoms with Gasteiger partial charge >= 0.3 is 0 Å². The van der Waals surface area contributed by atoms with Crippen LogP contribution in [-0.2, 0) is 0 Å². The van der Waals surface area contributed by atoms with Gasteiger partial charge < -0.3 is 16.5 Å². The fourth-order valence-corrected chi connectivity index (χ4v) is 3.57. The zero-order chi connectivity index (χ0) is 17.6. The van der Waals surface area contributed by atoms with Crippen molar-refractivity contribution in [2.24, 2.45) is 11.5 Å². The minimum Gasteiger partial charge on any atom is -0.354 e. The number of aromatic nitrogens is 1. The highest BCUT2D eigenvalue weighted by Gasteiger charge is 2.37. The maximum Gasteiger partial charge on any atom is 0.262 e. The van der Waals surface area contributed by atoms with E-state index >= 15 is 0 Å². The van der Waals surface area contributed by atoms with Crippen LogP contribution in [0.4, 0.5) is 0 Å². The maximum absolute atomic E-state index is 13.0. The molecule has 1 aliphatic rings. The summed E-state index contributed by atoms with van der Waals surface area (Å²) in [4.78, 5) is 30.3. The number of rotatable bonds is 5. The molecule has 0 spiro atoms. The highest BCUT2D eigenvalue weighted by atomic mass is 16.2. The van der Waals surface area contributed by atoms with E-state index in [1.807, 2.05) is 30.3 Å². The van der Waals surface area contributed by atoms with Gasteiger partial charge in [-0.1, -0.05) is 18.2 Å². The molecule has 1 aromatic heterocycles.